The van der Waals surface area contributed by atoms with Gasteiger partial charge in [0.15, 0.2) is 6.10 Å². The van der Waals surface area contributed by atoms with Gasteiger partial charge in [-0.3, -0.25) is 4.79 Å². The molecule has 4 rings (SSSR count). The standard InChI is InChI=1S/C25H29N3O3/c1-15-5-8-22-19(11-15)6-9-23(31-22)25(30)27-14-21(29)20-7-10-24(26-13-20)28-17(3)12-16(2)18(28)4/h5,7-8,10-13,21,23,29H,6,9,14H2,1-4H3,(H,27,30). The van der Waals surface area contributed by atoms with Crippen LogP contribution in [-0.2, 0) is 11.2 Å². The third-order valence-electron chi connectivity index (χ3n) is 5.99. The number of benzene rings is 1. The van der Waals surface area contributed by atoms with E-state index in [1.165, 1.54) is 11.1 Å². The van der Waals surface area contributed by atoms with E-state index in [2.05, 4.69) is 40.8 Å². The Balaban J connectivity index is 1.36. The second-order valence-electron chi connectivity index (χ2n) is 8.36. The van der Waals surface area contributed by atoms with Crippen LogP contribution in [0.1, 0.15) is 46.2 Å². The molecule has 0 spiro atoms. The minimum absolute atomic E-state index is 0.112. The highest BCUT2D eigenvalue weighted by atomic mass is 16.5. The maximum absolute atomic E-state index is 12.6. The molecule has 0 bridgehead atoms. The largest absolute Gasteiger partial charge is 0.480 e. The average molecular weight is 420 g/mol. The van der Waals surface area contributed by atoms with Crippen molar-refractivity contribution < 1.29 is 14.6 Å². The highest BCUT2D eigenvalue weighted by molar-refractivity contribution is 5.81. The summed E-state index contributed by atoms with van der Waals surface area (Å²) in [5, 5.41) is 13.3. The van der Waals surface area contributed by atoms with Crippen LogP contribution in [0.3, 0.4) is 0 Å². The van der Waals surface area contributed by atoms with Gasteiger partial charge in [-0.05, 0) is 69.9 Å². The van der Waals surface area contributed by atoms with Crippen LogP contribution < -0.4 is 10.1 Å². The predicted molar refractivity (Wildman–Crippen MR) is 120 cm³/mol. The van der Waals surface area contributed by atoms with Gasteiger partial charge in [-0.2, -0.15) is 0 Å². The van der Waals surface area contributed by atoms with Gasteiger partial charge in [0.2, 0.25) is 0 Å². The van der Waals surface area contributed by atoms with Gasteiger partial charge in [-0.25, -0.2) is 4.98 Å². The van der Waals surface area contributed by atoms with Crippen LogP contribution in [0.4, 0.5) is 0 Å². The summed E-state index contributed by atoms with van der Waals surface area (Å²) in [5.41, 5.74) is 6.47. The Bertz CT molecular complexity index is 1100. The molecule has 2 N–H and O–H groups in total. The highest BCUT2D eigenvalue weighted by Gasteiger charge is 2.26. The molecule has 6 heteroatoms. The minimum atomic E-state index is -0.836. The van der Waals surface area contributed by atoms with E-state index in [9.17, 15) is 9.90 Å². The lowest BCUT2D eigenvalue weighted by molar-refractivity contribution is -0.129. The fourth-order valence-corrected chi connectivity index (χ4v) is 4.13. The lowest BCUT2D eigenvalue weighted by Crippen LogP contribution is -2.41. The van der Waals surface area contributed by atoms with E-state index in [1.54, 1.807) is 6.20 Å². The summed E-state index contributed by atoms with van der Waals surface area (Å²) in [6.07, 6.45) is 1.73. The van der Waals surface area contributed by atoms with E-state index in [0.717, 1.165) is 34.9 Å². The van der Waals surface area contributed by atoms with Gasteiger partial charge in [-0.15, -0.1) is 0 Å². The van der Waals surface area contributed by atoms with Gasteiger partial charge < -0.3 is 19.7 Å². The molecule has 0 saturated heterocycles. The molecule has 0 radical (unpaired) electrons. The van der Waals surface area contributed by atoms with Crippen molar-refractivity contribution in [1.29, 1.82) is 0 Å². The Kier molecular flexibility index (Phi) is 5.83. The Morgan fingerprint density at radius 1 is 1.23 bits per heavy atom. The fourth-order valence-electron chi connectivity index (χ4n) is 4.13. The van der Waals surface area contributed by atoms with Crippen LogP contribution in [0, 0.1) is 27.7 Å². The summed E-state index contributed by atoms with van der Waals surface area (Å²) in [6, 6.07) is 11.9. The number of aliphatic hydroxyl groups excluding tert-OH is 1. The minimum Gasteiger partial charge on any atom is -0.480 e. The van der Waals surface area contributed by atoms with E-state index in [1.807, 2.05) is 38.1 Å². The number of carbonyl (C=O) groups excluding carboxylic acids is 1. The average Bonchev–Trinajstić information content (AvgIpc) is 3.02. The van der Waals surface area contributed by atoms with Crippen molar-refractivity contribution in [1.82, 2.24) is 14.9 Å². The predicted octanol–water partition coefficient (Wildman–Crippen LogP) is 3.65. The number of carbonyl (C=O) groups is 1. The molecule has 0 aliphatic carbocycles. The van der Waals surface area contributed by atoms with Crippen molar-refractivity contribution in [3.63, 3.8) is 0 Å². The first kappa shape index (κ1) is 21.1. The van der Waals surface area contributed by atoms with Crippen LogP contribution in [0.5, 0.6) is 5.75 Å². The van der Waals surface area contributed by atoms with Gasteiger partial charge in [0, 0.05) is 29.7 Å². The smallest absolute Gasteiger partial charge is 0.261 e. The quantitative estimate of drug-likeness (QED) is 0.662. The van der Waals surface area contributed by atoms with Crippen LogP contribution >= 0.6 is 0 Å². The molecule has 162 valence electrons. The summed E-state index contributed by atoms with van der Waals surface area (Å²) < 4.78 is 7.96. The number of rotatable bonds is 5. The van der Waals surface area contributed by atoms with E-state index >= 15 is 0 Å². The number of nitrogens with zero attached hydrogens (tertiary/aromatic N) is 2. The van der Waals surface area contributed by atoms with Gasteiger partial charge in [-0.1, -0.05) is 23.8 Å². The van der Waals surface area contributed by atoms with Crippen molar-refractivity contribution in [3.8, 4) is 11.6 Å². The second-order valence-corrected chi connectivity index (χ2v) is 8.36. The van der Waals surface area contributed by atoms with Crippen LogP contribution in [0.2, 0.25) is 0 Å². The first-order valence-electron chi connectivity index (χ1n) is 10.7. The number of aliphatic hydroxyl groups is 1. The maximum atomic E-state index is 12.6. The molecule has 0 fully saturated rings. The zero-order chi connectivity index (χ0) is 22.1. The molecule has 1 aliphatic rings. The van der Waals surface area contributed by atoms with Crippen molar-refractivity contribution in [2.24, 2.45) is 0 Å². The molecule has 2 aromatic heterocycles. The Labute approximate surface area is 182 Å². The number of nitrogens with one attached hydrogen (secondary N) is 1. The van der Waals surface area contributed by atoms with Crippen molar-refractivity contribution >= 4 is 5.91 Å². The molecule has 2 atom stereocenters. The topological polar surface area (TPSA) is 76.4 Å². The number of aromatic nitrogens is 2. The van der Waals surface area contributed by atoms with Crippen molar-refractivity contribution in [2.45, 2.75) is 52.7 Å². The highest BCUT2D eigenvalue weighted by Crippen LogP contribution is 2.28. The molecule has 0 saturated carbocycles. The molecule has 6 nitrogen and oxygen atoms in total. The summed E-state index contributed by atoms with van der Waals surface area (Å²) in [6.45, 7) is 8.35. The van der Waals surface area contributed by atoms with Crippen molar-refractivity contribution in [3.05, 3.63) is 76.2 Å². The van der Waals surface area contributed by atoms with Gasteiger partial charge in [0.05, 0.1) is 6.10 Å². The second kappa shape index (κ2) is 8.55. The van der Waals surface area contributed by atoms with Gasteiger partial charge >= 0.3 is 0 Å². The Morgan fingerprint density at radius 3 is 2.71 bits per heavy atom. The summed E-state index contributed by atoms with van der Waals surface area (Å²) in [4.78, 5) is 17.1. The first-order chi connectivity index (χ1) is 14.8. The normalized spacial score (nSPS) is 16.4. The number of pyridine rings is 1. The SMILES string of the molecule is Cc1ccc2c(c1)CCC(C(=O)NCC(O)c1ccc(-n3c(C)cc(C)c3C)nc1)O2. The number of amides is 1. The monoisotopic (exact) mass is 419 g/mol. The van der Waals surface area contributed by atoms with Gasteiger partial charge in [0.1, 0.15) is 11.6 Å². The first-order valence-corrected chi connectivity index (χ1v) is 10.7. The van der Waals surface area contributed by atoms with Gasteiger partial charge in [0.25, 0.3) is 5.91 Å². The van der Waals surface area contributed by atoms with Crippen molar-refractivity contribution in [2.75, 3.05) is 6.54 Å². The lowest BCUT2D eigenvalue weighted by Gasteiger charge is -2.26. The number of hydrogen-bond acceptors (Lipinski definition) is 4. The lowest BCUT2D eigenvalue weighted by atomic mass is 10.00. The molecule has 3 heterocycles. The molecule has 1 aliphatic heterocycles. The molecule has 31 heavy (non-hydrogen) atoms. The van der Waals surface area contributed by atoms with Crippen LogP contribution in [-0.4, -0.2) is 33.2 Å². The van der Waals surface area contributed by atoms with E-state index < -0.39 is 12.2 Å². The third-order valence-corrected chi connectivity index (χ3v) is 5.99. The Hall–Kier alpha value is -3.12. The number of fused-ring (bicyclic) bond motifs is 1. The van der Waals surface area contributed by atoms with E-state index in [0.29, 0.717) is 12.0 Å². The van der Waals surface area contributed by atoms with Crippen LogP contribution in [0.15, 0.2) is 42.6 Å². The van der Waals surface area contributed by atoms with E-state index in [4.69, 9.17) is 4.74 Å². The summed E-state index contributed by atoms with van der Waals surface area (Å²) in [7, 11) is 0. The molecular formula is C25H29N3O3. The zero-order valence-electron chi connectivity index (χ0n) is 18.5. The zero-order valence-corrected chi connectivity index (χ0v) is 18.5. The summed E-state index contributed by atoms with van der Waals surface area (Å²) in [5.74, 6) is 1.37. The van der Waals surface area contributed by atoms with Crippen LogP contribution in [0.25, 0.3) is 5.82 Å². The summed E-state index contributed by atoms with van der Waals surface area (Å²) >= 11 is 0. The Morgan fingerprint density at radius 2 is 2.03 bits per heavy atom. The molecule has 1 amide bonds. The number of aryl methyl sites for hydroxylation is 4. The number of ether oxygens (including phenoxy) is 1. The molecule has 2 unspecified atom stereocenters. The van der Waals surface area contributed by atoms with E-state index in [-0.39, 0.29) is 12.5 Å². The third kappa shape index (κ3) is 4.35. The maximum Gasteiger partial charge on any atom is 0.261 e. The fraction of sp³-hybridized carbons (Fsp3) is 0.360. The molecule has 1 aromatic carbocycles. The molecule has 3 aromatic rings. The molecular weight excluding hydrogens is 390 g/mol. The number of hydrogen-bond donors (Lipinski definition) is 2.